The highest BCUT2D eigenvalue weighted by molar-refractivity contribution is 6.51. The van der Waals surface area contributed by atoms with E-state index in [2.05, 4.69) is 10.2 Å². The first-order chi connectivity index (χ1) is 14.9. The lowest BCUT2D eigenvalue weighted by atomic mass is 9.95. The molecule has 3 aromatic rings. The molecule has 0 spiro atoms. The zero-order valence-electron chi connectivity index (χ0n) is 17.4. The van der Waals surface area contributed by atoms with E-state index in [9.17, 15) is 14.7 Å². The number of methoxy groups -OCH3 is 1. The number of ether oxygens (including phenoxy) is 1. The average molecular weight is 415 g/mol. The van der Waals surface area contributed by atoms with Crippen molar-refractivity contribution in [1.82, 2.24) is 10.2 Å². The molecule has 0 aliphatic carbocycles. The summed E-state index contributed by atoms with van der Waals surface area (Å²) in [7, 11) is 1.54. The van der Waals surface area contributed by atoms with Gasteiger partial charge in [0.15, 0.2) is 5.82 Å². The van der Waals surface area contributed by atoms with E-state index in [4.69, 9.17) is 4.74 Å². The number of Topliss-reactive ketones (excluding diaryl/α,β-unsaturated/α-hetero) is 1. The number of ketones is 1. The van der Waals surface area contributed by atoms with Crippen molar-refractivity contribution in [3.8, 4) is 5.75 Å². The minimum absolute atomic E-state index is 0.00974. The standard InChI is InChI=1S/C24H21N3O4/c1-14-7-10-16(11-8-14)22(28)20-21(17-5-4-6-18(13-17)31-3)27(24(30)23(20)29)19-12-9-15(2)25-26-19/h4-13,21,28H,1-3H3. The average Bonchev–Trinajstić information content (AvgIpc) is 3.05. The highest BCUT2D eigenvalue weighted by atomic mass is 16.5. The molecular weight excluding hydrogens is 394 g/mol. The molecule has 1 N–H and O–H groups in total. The Morgan fingerprint density at radius 1 is 1.00 bits per heavy atom. The van der Waals surface area contributed by atoms with Crippen molar-refractivity contribution in [2.45, 2.75) is 19.9 Å². The number of hydrogen-bond donors (Lipinski definition) is 1. The Balaban J connectivity index is 1.94. The Morgan fingerprint density at radius 2 is 1.74 bits per heavy atom. The lowest BCUT2D eigenvalue weighted by molar-refractivity contribution is -0.132. The predicted molar refractivity (Wildman–Crippen MR) is 116 cm³/mol. The van der Waals surface area contributed by atoms with Gasteiger partial charge in [-0.15, -0.1) is 5.10 Å². The summed E-state index contributed by atoms with van der Waals surface area (Å²) in [4.78, 5) is 27.4. The Labute approximate surface area is 179 Å². The maximum absolute atomic E-state index is 13.1. The molecule has 2 heterocycles. The second kappa shape index (κ2) is 8.02. The fourth-order valence-electron chi connectivity index (χ4n) is 3.58. The number of aromatic nitrogens is 2. The molecule has 7 nitrogen and oxygen atoms in total. The van der Waals surface area contributed by atoms with E-state index in [0.717, 1.165) is 5.56 Å². The zero-order valence-corrected chi connectivity index (χ0v) is 17.4. The van der Waals surface area contributed by atoms with Crippen molar-refractivity contribution in [1.29, 1.82) is 0 Å². The fraction of sp³-hybridized carbons (Fsp3) is 0.167. The second-order valence-electron chi connectivity index (χ2n) is 7.34. The Kier molecular flexibility index (Phi) is 5.25. The van der Waals surface area contributed by atoms with Gasteiger partial charge in [-0.1, -0.05) is 42.0 Å². The van der Waals surface area contributed by atoms with Crippen molar-refractivity contribution < 1.29 is 19.4 Å². The van der Waals surface area contributed by atoms with Crippen LogP contribution in [-0.4, -0.2) is 34.1 Å². The molecule has 156 valence electrons. The van der Waals surface area contributed by atoms with Crippen molar-refractivity contribution >= 4 is 23.3 Å². The van der Waals surface area contributed by atoms with E-state index in [0.29, 0.717) is 22.6 Å². The molecule has 0 radical (unpaired) electrons. The maximum atomic E-state index is 13.1. The van der Waals surface area contributed by atoms with Gasteiger partial charge in [0, 0.05) is 5.56 Å². The van der Waals surface area contributed by atoms with Crippen LogP contribution in [0.4, 0.5) is 5.82 Å². The molecule has 1 aliphatic rings. The number of aliphatic hydroxyl groups is 1. The SMILES string of the molecule is COc1cccc(C2C(=C(O)c3ccc(C)cc3)C(=O)C(=O)N2c2ccc(C)nn2)c1. The van der Waals surface area contributed by atoms with E-state index in [-0.39, 0.29) is 17.2 Å². The van der Waals surface area contributed by atoms with Crippen molar-refractivity contribution in [3.05, 3.63) is 88.6 Å². The lowest BCUT2D eigenvalue weighted by Crippen LogP contribution is -2.30. The van der Waals surface area contributed by atoms with Gasteiger partial charge in [0.25, 0.3) is 5.78 Å². The molecule has 0 saturated carbocycles. The fourth-order valence-corrected chi connectivity index (χ4v) is 3.58. The Hall–Kier alpha value is -4.00. The van der Waals surface area contributed by atoms with Crippen LogP contribution in [0.3, 0.4) is 0 Å². The first kappa shape index (κ1) is 20.3. The zero-order chi connectivity index (χ0) is 22.1. The molecule has 31 heavy (non-hydrogen) atoms. The molecule has 4 rings (SSSR count). The van der Waals surface area contributed by atoms with Gasteiger partial charge >= 0.3 is 5.91 Å². The van der Waals surface area contributed by atoms with Crippen LogP contribution in [0.25, 0.3) is 5.76 Å². The first-order valence-corrected chi connectivity index (χ1v) is 9.73. The first-order valence-electron chi connectivity index (χ1n) is 9.73. The van der Waals surface area contributed by atoms with Gasteiger partial charge in [0.05, 0.1) is 24.4 Å². The monoisotopic (exact) mass is 415 g/mol. The van der Waals surface area contributed by atoms with Crippen LogP contribution in [0.15, 0.2) is 66.2 Å². The molecule has 1 aliphatic heterocycles. The Bertz CT molecular complexity index is 1180. The summed E-state index contributed by atoms with van der Waals surface area (Å²) in [5.41, 5.74) is 2.74. The van der Waals surface area contributed by atoms with Crippen LogP contribution in [0.1, 0.15) is 28.4 Å². The van der Waals surface area contributed by atoms with Crippen molar-refractivity contribution in [3.63, 3.8) is 0 Å². The van der Waals surface area contributed by atoms with Gasteiger partial charge in [-0.3, -0.25) is 14.5 Å². The smallest absolute Gasteiger partial charge is 0.301 e. The molecule has 1 atom stereocenters. The number of nitrogens with zero attached hydrogens (tertiary/aromatic N) is 3. The van der Waals surface area contributed by atoms with Crippen molar-refractivity contribution in [2.24, 2.45) is 0 Å². The summed E-state index contributed by atoms with van der Waals surface area (Å²) in [6.07, 6.45) is 0. The minimum atomic E-state index is -0.881. The third-order valence-electron chi connectivity index (χ3n) is 5.21. The van der Waals surface area contributed by atoms with Gasteiger partial charge in [0.1, 0.15) is 11.5 Å². The number of aryl methyl sites for hydroxylation is 2. The van der Waals surface area contributed by atoms with Gasteiger partial charge in [-0.2, -0.15) is 5.10 Å². The highest BCUT2D eigenvalue weighted by Gasteiger charge is 2.47. The largest absolute Gasteiger partial charge is 0.507 e. The molecule has 0 bridgehead atoms. The van der Waals surface area contributed by atoms with Gasteiger partial charge in [0.2, 0.25) is 0 Å². The quantitative estimate of drug-likeness (QED) is 0.397. The minimum Gasteiger partial charge on any atom is -0.507 e. The second-order valence-corrected chi connectivity index (χ2v) is 7.34. The van der Waals surface area contributed by atoms with Crippen LogP contribution in [-0.2, 0) is 9.59 Å². The Morgan fingerprint density at radius 3 is 2.39 bits per heavy atom. The van der Waals surface area contributed by atoms with Crippen LogP contribution in [0, 0.1) is 13.8 Å². The topological polar surface area (TPSA) is 92.6 Å². The third-order valence-corrected chi connectivity index (χ3v) is 5.21. The molecule has 2 aromatic carbocycles. The van der Waals surface area contributed by atoms with E-state index in [1.807, 2.05) is 19.1 Å². The number of carbonyl (C=O) groups excluding carboxylic acids is 2. The van der Waals surface area contributed by atoms with E-state index in [1.165, 1.54) is 12.0 Å². The molecular formula is C24H21N3O4. The van der Waals surface area contributed by atoms with E-state index >= 15 is 0 Å². The molecule has 1 fully saturated rings. The summed E-state index contributed by atoms with van der Waals surface area (Å²) in [5, 5.41) is 19.2. The molecule has 1 aromatic heterocycles. The van der Waals surface area contributed by atoms with Crippen LogP contribution < -0.4 is 9.64 Å². The number of anilines is 1. The van der Waals surface area contributed by atoms with Crippen LogP contribution in [0.2, 0.25) is 0 Å². The van der Waals surface area contributed by atoms with Gasteiger partial charge in [-0.05, 0) is 43.7 Å². The summed E-state index contributed by atoms with van der Waals surface area (Å²) in [6, 6.07) is 16.6. The lowest BCUT2D eigenvalue weighted by Gasteiger charge is -2.24. The predicted octanol–water partition coefficient (Wildman–Crippen LogP) is 3.73. The van der Waals surface area contributed by atoms with Crippen LogP contribution >= 0.6 is 0 Å². The number of aliphatic hydroxyl groups excluding tert-OH is 1. The maximum Gasteiger partial charge on any atom is 0.301 e. The molecule has 1 amide bonds. The highest BCUT2D eigenvalue weighted by Crippen LogP contribution is 2.42. The number of rotatable bonds is 4. The van der Waals surface area contributed by atoms with Gasteiger partial charge < -0.3 is 9.84 Å². The molecule has 7 heteroatoms. The summed E-state index contributed by atoms with van der Waals surface area (Å²) >= 11 is 0. The number of amides is 1. The number of benzene rings is 2. The number of carbonyl (C=O) groups is 2. The summed E-state index contributed by atoms with van der Waals surface area (Å²) in [5.74, 6) is -1.02. The number of hydrogen-bond acceptors (Lipinski definition) is 6. The van der Waals surface area contributed by atoms with Crippen LogP contribution in [0.5, 0.6) is 5.75 Å². The molecule has 1 unspecified atom stereocenters. The normalized spacial score (nSPS) is 17.8. The third kappa shape index (κ3) is 3.66. The van der Waals surface area contributed by atoms with E-state index in [1.54, 1.807) is 55.5 Å². The summed E-state index contributed by atoms with van der Waals surface area (Å²) < 4.78 is 5.32. The molecule has 1 saturated heterocycles. The van der Waals surface area contributed by atoms with Gasteiger partial charge in [-0.25, -0.2) is 0 Å². The summed E-state index contributed by atoms with van der Waals surface area (Å²) in [6.45, 7) is 3.71. The van der Waals surface area contributed by atoms with Crippen molar-refractivity contribution in [2.75, 3.05) is 12.0 Å². The van der Waals surface area contributed by atoms with E-state index < -0.39 is 17.7 Å².